The molecule has 0 aliphatic rings. The number of unbranched alkanes of at least 4 members (excludes halogenated alkanes) is 1. The molecule has 1 amide bonds. The standard InChI is InChI=1S/C14H30N4O/c1-7-9-10-18(6)13(15-8-2)16-11-12(19)17-14(3,4)5/h7-11H2,1-6H3,(H,15,16)(H,17,19). The molecule has 5 nitrogen and oxygen atoms in total. The molecular formula is C14H30N4O. The number of guanidine groups is 1. The first-order chi connectivity index (χ1) is 8.80. The largest absolute Gasteiger partial charge is 0.357 e. The molecule has 0 saturated carbocycles. The Morgan fingerprint density at radius 3 is 2.37 bits per heavy atom. The summed E-state index contributed by atoms with van der Waals surface area (Å²) < 4.78 is 0. The predicted octanol–water partition coefficient (Wildman–Crippen LogP) is 1.60. The molecule has 0 aromatic heterocycles. The minimum absolute atomic E-state index is 0.0493. The zero-order chi connectivity index (χ0) is 14.9. The van der Waals surface area contributed by atoms with E-state index in [0.29, 0.717) is 0 Å². The van der Waals surface area contributed by atoms with Gasteiger partial charge in [0.1, 0.15) is 6.54 Å². The summed E-state index contributed by atoms with van der Waals surface area (Å²) in [4.78, 5) is 18.2. The van der Waals surface area contributed by atoms with Crippen LogP contribution in [0.25, 0.3) is 0 Å². The molecule has 0 aromatic carbocycles. The zero-order valence-corrected chi connectivity index (χ0v) is 13.3. The molecule has 0 rings (SSSR count). The van der Waals surface area contributed by atoms with Gasteiger partial charge in [0.15, 0.2) is 5.96 Å². The summed E-state index contributed by atoms with van der Waals surface area (Å²) in [6, 6.07) is 0. The van der Waals surface area contributed by atoms with E-state index >= 15 is 0 Å². The first kappa shape index (κ1) is 17.7. The van der Waals surface area contributed by atoms with Crippen LogP contribution in [0.5, 0.6) is 0 Å². The third kappa shape index (κ3) is 9.33. The molecule has 0 aromatic rings. The van der Waals surface area contributed by atoms with Gasteiger partial charge in [-0.25, -0.2) is 4.99 Å². The van der Waals surface area contributed by atoms with Crippen molar-refractivity contribution >= 4 is 11.9 Å². The van der Waals surface area contributed by atoms with Crippen molar-refractivity contribution in [2.24, 2.45) is 4.99 Å². The normalized spacial score (nSPS) is 12.2. The van der Waals surface area contributed by atoms with Gasteiger partial charge in [-0.15, -0.1) is 0 Å². The van der Waals surface area contributed by atoms with Crippen LogP contribution in [0.3, 0.4) is 0 Å². The maximum Gasteiger partial charge on any atom is 0.242 e. The fourth-order valence-corrected chi connectivity index (χ4v) is 1.58. The molecular weight excluding hydrogens is 240 g/mol. The fourth-order valence-electron chi connectivity index (χ4n) is 1.58. The zero-order valence-electron chi connectivity index (χ0n) is 13.3. The van der Waals surface area contributed by atoms with E-state index in [4.69, 9.17) is 0 Å². The van der Waals surface area contributed by atoms with Crippen LogP contribution in [0, 0.1) is 0 Å². The lowest BCUT2D eigenvalue weighted by Crippen LogP contribution is -2.43. The Bertz CT molecular complexity index is 294. The smallest absolute Gasteiger partial charge is 0.242 e. The minimum atomic E-state index is -0.209. The average Bonchev–Trinajstić information content (AvgIpc) is 2.29. The van der Waals surface area contributed by atoms with Crippen molar-refractivity contribution < 1.29 is 4.79 Å². The molecule has 112 valence electrons. The third-order valence-electron chi connectivity index (χ3n) is 2.43. The van der Waals surface area contributed by atoms with E-state index in [1.807, 2.05) is 34.7 Å². The molecule has 0 heterocycles. The number of nitrogens with one attached hydrogen (secondary N) is 2. The van der Waals surface area contributed by atoms with Gasteiger partial charge >= 0.3 is 0 Å². The first-order valence-electron chi connectivity index (χ1n) is 7.10. The van der Waals surface area contributed by atoms with E-state index in [1.54, 1.807) is 0 Å². The summed E-state index contributed by atoms with van der Waals surface area (Å²) in [6.07, 6.45) is 2.27. The number of carbonyl (C=O) groups excluding carboxylic acids is 1. The molecule has 0 bridgehead atoms. The van der Waals surface area contributed by atoms with Gasteiger partial charge < -0.3 is 15.5 Å². The van der Waals surface area contributed by atoms with Gasteiger partial charge in [0.2, 0.25) is 5.91 Å². The molecule has 2 N–H and O–H groups in total. The summed E-state index contributed by atoms with van der Waals surface area (Å²) in [5.41, 5.74) is -0.209. The highest BCUT2D eigenvalue weighted by Gasteiger charge is 2.13. The Morgan fingerprint density at radius 1 is 1.26 bits per heavy atom. The van der Waals surface area contributed by atoms with Gasteiger partial charge in [-0.3, -0.25) is 4.79 Å². The topological polar surface area (TPSA) is 56.7 Å². The lowest BCUT2D eigenvalue weighted by atomic mass is 10.1. The SMILES string of the molecule is CCCCN(C)C(=NCC(=O)NC(C)(C)C)NCC. The van der Waals surface area contributed by atoms with Gasteiger partial charge in [-0.2, -0.15) is 0 Å². The first-order valence-corrected chi connectivity index (χ1v) is 7.10. The van der Waals surface area contributed by atoms with Crippen molar-refractivity contribution in [2.45, 2.75) is 53.0 Å². The second-order valence-electron chi connectivity index (χ2n) is 5.74. The van der Waals surface area contributed by atoms with Crippen LogP contribution in [-0.2, 0) is 4.79 Å². The number of rotatable bonds is 6. The van der Waals surface area contributed by atoms with Gasteiger partial charge in [0.05, 0.1) is 0 Å². The van der Waals surface area contributed by atoms with Crippen LogP contribution in [0.1, 0.15) is 47.5 Å². The maximum atomic E-state index is 11.7. The van der Waals surface area contributed by atoms with Gasteiger partial charge in [0, 0.05) is 25.7 Å². The molecule has 0 fully saturated rings. The van der Waals surface area contributed by atoms with E-state index in [1.165, 1.54) is 0 Å². The Hall–Kier alpha value is -1.26. The second kappa shape index (κ2) is 8.77. The van der Waals surface area contributed by atoms with Gasteiger partial charge in [-0.05, 0) is 34.1 Å². The molecule has 5 heteroatoms. The number of aliphatic imine (C=N–C) groups is 1. The average molecular weight is 270 g/mol. The highest BCUT2D eigenvalue weighted by molar-refractivity contribution is 5.85. The number of hydrogen-bond acceptors (Lipinski definition) is 2. The summed E-state index contributed by atoms with van der Waals surface area (Å²) in [6.45, 7) is 12.0. The summed E-state index contributed by atoms with van der Waals surface area (Å²) in [5, 5.41) is 6.11. The van der Waals surface area contributed by atoms with Crippen molar-refractivity contribution in [2.75, 3.05) is 26.7 Å². The monoisotopic (exact) mass is 270 g/mol. The van der Waals surface area contributed by atoms with Crippen LogP contribution in [0.2, 0.25) is 0 Å². The molecule has 0 atom stereocenters. The van der Waals surface area contributed by atoms with Crippen LogP contribution in [-0.4, -0.2) is 49.0 Å². The molecule has 0 aliphatic carbocycles. The highest BCUT2D eigenvalue weighted by Crippen LogP contribution is 1.98. The second-order valence-corrected chi connectivity index (χ2v) is 5.74. The Morgan fingerprint density at radius 2 is 1.89 bits per heavy atom. The van der Waals surface area contributed by atoms with Crippen molar-refractivity contribution in [3.05, 3.63) is 0 Å². The lowest BCUT2D eigenvalue weighted by Gasteiger charge is -2.23. The van der Waals surface area contributed by atoms with E-state index in [0.717, 1.165) is 31.9 Å². The van der Waals surface area contributed by atoms with E-state index in [-0.39, 0.29) is 18.0 Å². The fraction of sp³-hybridized carbons (Fsp3) is 0.857. The highest BCUT2D eigenvalue weighted by atomic mass is 16.2. The number of carbonyl (C=O) groups is 1. The van der Waals surface area contributed by atoms with E-state index in [9.17, 15) is 4.79 Å². The molecule has 0 unspecified atom stereocenters. The van der Waals surface area contributed by atoms with E-state index < -0.39 is 0 Å². The number of amides is 1. The van der Waals surface area contributed by atoms with Crippen LogP contribution < -0.4 is 10.6 Å². The van der Waals surface area contributed by atoms with Gasteiger partial charge in [-0.1, -0.05) is 13.3 Å². The van der Waals surface area contributed by atoms with Crippen LogP contribution in [0.4, 0.5) is 0 Å². The number of hydrogen-bond donors (Lipinski definition) is 2. The van der Waals surface area contributed by atoms with Crippen molar-refractivity contribution in [1.82, 2.24) is 15.5 Å². The molecule has 0 aliphatic heterocycles. The molecule has 19 heavy (non-hydrogen) atoms. The Kier molecular flexibility index (Phi) is 8.19. The summed E-state index contributed by atoms with van der Waals surface area (Å²) >= 11 is 0. The lowest BCUT2D eigenvalue weighted by molar-refractivity contribution is -0.121. The predicted molar refractivity (Wildman–Crippen MR) is 81.4 cm³/mol. The van der Waals surface area contributed by atoms with Crippen LogP contribution in [0.15, 0.2) is 4.99 Å². The molecule has 0 radical (unpaired) electrons. The van der Waals surface area contributed by atoms with E-state index in [2.05, 4.69) is 27.4 Å². The third-order valence-corrected chi connectivity index (χ3v) is 2.43. The molecule has 0 spiro atoms. The van der Waals surface area contributed by atoms with Gasteiger partial charge in [0.25, 0.3) is 0 Å². The van der Waals surface area contributed by atoms with Crippen LogP contribution >= 0.6 is 0 Å². The van der Waals surface area contributed by atoms with Crippen molar-refractivity contribution in [3.63, 3.8) is 0 Å². The Balaban J connectivity index is 4.44. The summed E-state index contributed by atoms with van der Waals surface area (Å²) in [7, 11) is 2.00. The summed E-state index contributed by atoms with van der Waals surface area (Å²) in [5.74, 6) is 0.742. The molecule has 0 saturated heterocycles. The van der Waals surface area contributed by atoms with Crippen molar-refractivity contribution in [1.29, 1.82) is 0 Å². The minimum Gasteiger partial charge on any atom is -0.357 e. The number of nitrogens with zero attached hydrogens (tertiary/aromatic N) is 2. The maximum absolute atomic E-state index is 11.7. The van der Waals surface area contributed by atoms with Crippen molar-refractivity contribution in [3.8, 4) is 0 Å². The quantitative estimate of drug-likeness (QED) is 0.569. The Labute approximate surface area is 117 Å².